The molecule has 29 heavy (non-hydrogen) atoms. The van der Waals surface area contributed by atoms with Crippen molar-refractivity contribution in [3.05, 3.63) is 29.8 Å². The van der Waals surface area contributed by atoms with Gasteiger partial charge in [0.25, 0.3) is 0 Å². The van der Waals surface area contributed by atoms with Crippen LogP contribution in [0.4, 0.5) is 0 Å². The van der Waals surface area contributed by atoms with E-state index in [0.29, 0.717) is 11.8 Å². The van der Waals surface area contributed by atoms with E-state index in [1.54, 1.807) is 7.11 Å². The molecular formula is C22H37IN4O2. The number of morpholine rings is 1. The lowest BCUT2D eigenvalue weighted by Crippen LogP contribution is -2.50. The Balaban J connectivity index is 0.00000300. The summed E-state index contributed by atoms with van der Waals surface area (Å²) < 4.78 is 11.2. The summed E-state index contributed by atoms with van der Waals surface area (Å²) in [6.45, 7) is 11.4. The molecule has 3 rings (SSSR count). The molecule has 1 N–H and O–H groups in total. The van der Waals surface area contributed by atoms with Crippen LogP contribution in [0.2, 0.25) is 0 Å². The third-order valence-corrected chi connectivity index (χ3v) is 5.62. The lowest BCUT2D eigenvalue weighted by molar-refractivity contribution is -0.0286. The van der Waals surface area contributed by atoms with E-state index in [0.717, 1.165) is 64.0 Å². The molecule has 0 bridgehead atoms. The van der Waals surface area contributed by atoms with Gasteiger partial charge in [0, 0.05) is 52.2 Å². The Morgan fingerprint density at radius 1 is 1.24 bits per heavy atom. The van der Waals surface area contributed by atoms with Gasteiger partial charge in [-0.1, -0.05) is 26.0 Å². The zero-order chi connectivity index (χ0) is 19.9. The molecule has 2 fully saturated rings. The molecule has 164 valence electrons. The number of nitrogens with one attached hydrogen (secondary N) is 1. The Morgan fingerprint density at radius 3 is 2.66 bits per heavy atom. The highest BCUT2D eigenvalue weighted by Gasteiger charge is 2.27. The van der Waals surface area contributed by atoms with Crippen molar-refractivity contribution in [1.82, 2.24) is 15.1 Å². The standard InChI is InChI=1S/C22H36N4O2.HI/c1-17(2)14-25-11-12-28-21(16-25)13-24-22(23-3)26-10-9-19(15-26)18-5-7-20(27-4)8-6-18;/h5-8,17,19,21H,9-16H2,1-4H3,(H,23,24);1H. The largest absolute Gasteiger partial charge is 0.497 e. The van der Waals surface area contributed by atoms with E-state index in [1.165, 1.54) is 5.56 Å². The lowest BCUT2D eigenvalue weighted by Gasteiger charge is -2.34. The Morgan fingerprint density at radius 2 is 2.00 bits per heavy atom. The van der Waals surface area contributed by atoms with Gasteiger partial charge in [0.05, 0.1) is 19.8 Å². The number of halogens is 1. The zero-order valence-electron chi connectivity index (χ0n) is 18.3. The van der Waals surface area contributed by atoms with Crippen molar-refractivity contribution in [2.45, 2.75) is 32.3 Å². The molecule has 0 saturated carbocycles. The van der Waals surface area contributed by atoms with Crippen LogP contribution in [0.1, 0.15) is 31.7 Å². The summed E-state index contributed by atoms with van der Waals surface area (Å²) in [5.41, 5.74) is 1.37. The van der Waals surface area contributed by atoms with E-state index in [2.05, 4.69) is 46.1 Å². The van der Waals surface area contributed by atoms with Crippen LogP contribution in [-0.2, 0) is 4.74 Å². The number of likely N-dealkylation sites (tertiary alicyclic amines) is 1. The minimum atomic E-state index is 0. The molecule has 6 nitrogen and oxygen atoms in total. The topological polar surface area (TPSA) is 49.3 Å². The molecule has 0 aromatic heterocycles. The fourth-order valence-corrected chi connectivity index (χ4v) is 4.22. The van der Waals surface area contributed by atoms with Gasteiger partial charge >= 0.3 is 0 Å². The smallest absolute Gasteiger partial charge is 0.193 e. The number of guanidine groups is 1. The van der Waals surface area contributed by atoms with E-state index in [4.69, 9.17) is 9.47 Å². The molecule has 2 atom stereocenters. The molecule has 2 aliphatic heterocycles. The summed E-state index contributed by atoms with van der Waals surface area (Å²) in [4.78, 5) is 9.40. The van der Waals surface area contributed by atoms with E-state index in [-0.39, 0.29) is 30.1 Å². The van der Waals surface area contributed by atoms with Gasteiger partial charge in [-0.15, -0.1) is 24.0 Å². The second-order valence-electron chi connectivity index (χ2n) is 8.28. The number of methoxy groups -OCH3 is 1. The minimum absolute atomic E-state index is 0. The maximum absolute atomic E-state index is 5.97. The summed E-state index contributed by atoms with van der Waals surface area (Å²) >= 11 is 0. The monoisotopic (exact) mass is 516 g/mol. The minimum Gasteiger partial charge on any atom is -0.497 e. The quantitative estimate of drug-likeness (QED) is 0.358. The molecule has 0 amide bonds. The van der Waals surface area contributed by atoms with Gasteiger partial charge in [0.2, 0.25) is 0 Å². The maximum atomic E-state index is 5.97. The molecule has 0 spiro atoms. The molecule has 0 radical (unpaired) electrons. The van der Waals surface area contributed by atoms with E-state index < -0.39 is 0 Å². The van der Waals surface area contributed by atoms with Gasteiger partial charge < -0.3 is 19.7 Å². The summed E-state index contributed by atoms with van der Waals surface area (Å²) in [6, 6.07) is 8.47. The van der Waals surface area contributed by atoms with E-state index in [9.17, 15) is 0 Å². The number of hydrogen-bond donors (Lipinski definition) is 1. The molecular weight excluding hydrogens is 479 g/mol. The lowest BCUT2D eigenvalue weighted by atomic mass is 9.98. The molecule has 7 heteroatoms. The Kier molecular flexibility index (Phi) is 9.98. The Labute approximate surface area is 193 Å². The first-order valence-electron chi connectivity index (χ1n) is 10.5. The Bertz CT molecular complexity index is 638. The van der Waals surface area contributed by atoms with Crippen molar-refractivity contribution in [3.8, 4) is 5.75 Å². The average molecular weight is 516 g/mol. The van der Waals surface area contributed by atoms with Crippen LogP contribution >= 0.6 is 24.0 Å². The first-order valence-corrected chi connectivity index (χ1v) is 10.5. The molecule has 1 aromatic rings. The van der Waals surface area contributed by atoms with Crippen LogP contribution in [0.15, 0.2) is 29.3 Å². The van der Waals surface area contributed by atoms with Crippen LogP contribution in [0.5, 0.6) is 5.75 Å². The normalized spacial score (nSPS) is 23.2. The zero-order valence-corrected chi connectivity index (χ0v) is 20.6. The molecule has 2 saturated heterocycles. The van der Waals surface area contributed by atoms with Crippen LogP contribution in [0.25, 0.3) is 0 Å². The van der Waals surface area contributed by atoms with Gasteiger partial charge in [-0.05, 0) is 30.0 Å². The van der Waals surface area contributed by atoms with Crippen LogP contribution < -0.4 is 10.1 Å². The van der Waals surface area contributed by atoms with Crippen molar-refractivity contribution >= 4 is 29.9 Å². The van der Waals surface area contributed by atoms with Crippen molar-refractivity contribution < 1.29 is 9.47 Å². The number of benzene rings is 1. The van der Waals surface area contributed by atoms with Crippen molar-refractivity contribution in [2.75, 3.05) is 60.0 Å². The van der Waals surface area contributed by atoms with Gasteiger partial charge in [0.1, 0.15) is 5.75 Å². The number of hydrogen-bond acceptors (Lipinski definition) is 4. The second kappa shape index (κ2) is 12.0. The number of rotatable bonds is 6. The average Bonchev–Trinajstić information content (AvgIpc) is 3.18. The van der Waals surface area contributed by atoms with Gasteiger partial charge in [0.15, 0.2) is 5.96 Å². The third kappa shape index (κ3) is 7.00. The fourth-order valence-electron chi connectivity index (χ4n) is 4.22. The molecule has 2 unspecified atom stereocenters. The number of nitrogens with zero attached hydrogens (tertiary/aromatic N) is 3. The van der Waals surface area contributed by atoms with Crippen molar-refractivity contribution in [3.63, 3.8) is 0 Å². The summed E-state index contributed by atoms with van der Waals surface area (Å²) in [7, 11) is 3.58. The van der Waals surface area contributed by atoms with Crippen LogP contribution in [0.3, 0.4) is 0 Å². The van der Waals surface area contributed by atoms with E-state index >= 15 is 0 Å². The van der Waals surface area contributed by atoms with Gasteiger partial charge in [-0.25, -0.2) is 0 Å². The Hall–Kier alpha value is -1.06. The highest BCUT2D eigenvalue weighted by atomic mass is 127. The highest BCUT2D eigenvalue weighted by Crippen LogP contribution is 2.28. The second-order valence-corrected chi connectivity index (χ2v) is 8.28. The summed E-state index contributed by atoms with van der Waals surface area (Å²) in [5, 5.41) is 3.55. The van der Waals surface area contributed by atoms with Gasteiger partial charge in [-0.3, -0.25) is 9.89 Å². The third-order valence-electron chi connectivity index (χ3n) is 5.62. The summed E-state index contributed by atoms with van der Waals surface area (Å²) in [5.74, 6) is 3.13. The molecule has 1 aromatic carbocycles. The fraction of sp³-hybridized carbons (Fsp3) is 0.682. The van der Waals surface area contributed by atoms with Gasteiger partial charge in [-0.2, -0.15) is 0 Å². The molecule has 2 heterocycles. The first-order chi connectivity index (χ1) is 13.6. The summed E-state index contributed by atoms with van der Waals surface area (Å²) in [6.07, 6.45) is 1.37. The first kappa shape index (κ1) is 24.2. The predicted octanol–water partition coefficient (Wildman–Crippen LogP) is 3.03. The van der Waals surface area contributed by atoms with Crippen molar-refractivity contribution in [1.29, 1.82) is 0 Å². The molecule has 2 aliphatic rings. The van der Waals surface area contributed by atoms with Crippen LogP contribution in [0, 0.1) is 5.92 Å². The maximum Gasteiger partial charge on any atom is 0.193 e. The predicted molar refractivity (Wildman–Crippen MR) is 130 cm³/mol. The number of aliphatic imine (C=N–C) groups is 1. The molecule has 0 aliphatic carbocycles. The SMILES string of the molecule is CN=C(NCC1CN(CC(C)C)CCO1)N1CCC(c2ccc(OC)cc2)C1.I. The van der Waals surface area contributed by atoms with Crippen LogP contribution in [-0.4, -0.2) is 81.9 Å². The highest BCUT2D eigenvalue weighted by molar-refractivity contribution is 14.0. The number of ether oxygens (including phenoxy) is 2. The van der Waals surface area contributed by atoms with E-state index in [1.807, 2.05) is 19.2 Å². The van der Waals surface area contributed by atoms with Crippen molar-refractivity contribution in [2.24, 2.45) is 10.9 Å².